The van der Waals surface area contributed by atoms with Crippen LogP contribution in [-0.2, 0) is 65.4 Å². The maximum atomic E-state index is 13.1. The Bertz CT molecular complexity index is 2950. The van der Waals surface area contributed by atoms with Crippen LogP contribution < -0.4 is 0 Å². The molecular formula is C91H142O17P2. The quantitative estimate of drug-likeness (QED) is 0.0169. The number of phosphoric acid groups is 2. The Morgan fingerprint density at radius 1 is 0.264 bits per heavy atom. The summed E-state index contributed by atoms with van der Waals surface area (Å²) in [7, 11) is -10.0. The number of allylic oxidation sites excluding steroid dienone is 35. The number of unbranched alkanes of at least 4 members (excludes halogenated alkanes) is 13. The lowest BCUT2D eigenvalue weighted by atomic mass is 10.1. The summed E-state index contributed by atoms with van der Waals surface area (Å²) in [6, 6.07) is 0. The van der Waals surface area contributed by atoms with E-state index in [2.05, 4.69) is 204 Å². The molecule has 0 saturated heterocycles. The summed E-state index contributed by atoms with van der Waals surface area (Å²) in [5, 5.41) is 10.7. The highest BCUT2D eigenvalue weighted by molar-refractivity contribution is 7.47. The van der Waals surface area contributed by atoms with Gasteiger partial charge in [0.1, 0.15) is 19.3 Å². The molecule has 17 nitrogen and oxygen atoms in total. The second kappa shape index (κ2) is 80.4. The number of ether oxygens (including phenoxy) is 4. The molecule has 5 atom stereocenters. The van der Waals surface area contributed by atoms with E-state index in [0.717, 1.165) is 186 Å². The van der Waals surface area contributed by atoms with Gasteiger partial charge < -0.3 is 33.8 Å². The molecule has 0 fully saturated rings. The maximum absolute atomic E-state index is 13.1. The van der Waals surface area contributed by atoms with E-state index >= 15 is 0 Å². The molecule has 0 saturated carbocycles. The normalized spacial score (nSPS) is 14.9. The van der Waals surface area contributed by atoms with Gasteiger partial charge in [0.2, 0.25) is 0 Å². The number of rotatable bonds is 74. The Kier molecular flexibility index (Phi) is 75.6. The molecule has 110 heavy (non-hydrogen) atoms. The molecule has 0 aliphatic carbocycles. The summed E-state index contributed by atoms with van der Waals surface area (Å²) in [5.74, 6) is -2.47. The number of aliphatic hydroxyl groups excluding tert-OH is 1. The monoisotopic (exact) mass is 1570 g/mol. The first-order valence-corrected chi connectivity index (χ1v) is 44.0. The molecule has 19 heteroatoms. The van der Waals surface area contributed by atoms with E-state index in [0.29, 0.717) is 32.1 Å². The second-order valence-electron chi connectivity index (χ2n) is 26.2. The minimum absolute atomic E-state index is 0.00734. The smallest absolute Gasteiger partial charge is 0.462 e. The first-order chi connectivity index (χ1) is 53.7. The van der Waals surface area contributed by atoms with Crippen molar-refractivity contribution >= 4 is 39.5 Å². The number of carbonyl (C=O) groups is 4. The van der Waals surface area contributed by atoms with Crippen LogP contribution in [0, 0.1) is 0 Å². The molecule has 0 aromatic heterocycles. The molecule has 0 amide bonds. The van der Waals surface area contributed by atoms with Crippen molar-refractivity contribution < 1.29 is 80.2 Å². The maximum Gasteiger partial charge on any atom is 0.472 e. The van der Waals surface area contributed by atoms with Crippen molar-refractivity contribution in [3.63, 3.8) is 0 Å². The number of aliphatic hydroxyl groups is 1. The lowest BCUT2D eigenvalue weighted by molar-refractivity contribution is -0.161. The topological polar surface area (TPSA) is 237 Å². The molecule has 0 aromatic carbocycles. The third-order valence-corrected chi connectivity index (χ3v) is 17.9. The van der Waals surface area contributed by atoms with Crippen molar-refractivity contribution in [2.75, 3.05) is 39.6 Å². The van der Waals surface area contributed by atoms with Crippen molar-refractivity contribution in [1.82, 2.24) is 0 Å². The summed E-state index contributed by atoms with van der Waals surface area (Å²) in [6.07, 6.45) is 102. The molecule has 0 aliphatic heterocycles. The standard InChI is InChI=1S/C91H142O17P2/c1-5-9-13-17-21-25-29-33-37-40-42-45-48-51-55-59-63-67-71-75-88(93)101-81-86(107-90(95)77-73-69-65-61-57-53-47-36-32-28-24-20-16-12-8-4)83-105-109(97,98)103-79-85(92)80-104-110(99,100)106-84-87(108-91(96)78-74-70-66-62-58-54-50-44-39-35-31-27-23-19-15-11-7-3)82-102-89(94)76-72-68-64-60-56-52-49-46-43-41-38-34-30-26-22-18-14-10-6-2/h9-16,21-28,33-39,42-43,45-47,51,55,57,61,63,67,69,73,85-87,92H,5-8,17-20,29-32,40-41,44,48-50,52-54,56,58-60,62,64-66,68,70-72,74-84H2,1-4H3,(H,97,98)(H,99,100)/b13-9-,14-10-,15-11-,16-12-,25-21-,26-22-,27-23-,28-24-,37-33-,38-34-,39-35-,45-42-,46-43-,47-36-,55-51-,61-57-,67-63-,73-69-. The van der Waals surface area contributed by atoms with E-state index in [4.69, 9.17) is 37.0 Å². The third kappa shape index (κ3) is 79.5. The summed E-state index contributed by atoms with van der Waals surface area (Å²) in [4.78, 5) is 73.1. The fourth-order valence-corrected chi connectivity index (χ4v) is 11.5. The lowest BCUT2D eigenvalue weighted by Crippen LogP contribution is -2.30. The van der Waals surface area contributed by atoms with Gasteiger partial charge in [-0.05, 0) is 161 Å². The zero-order valence-corrected chi connectivity index (χ0v) is 69.4. The first kappa shape index (κ1) is 103. The first-order valence-electron chi connectivity index (χ1n) is 41.0. The Morgan fingerprint density at radius 2 is 0.500 bits per heavy atom. The summed E-state index contributed by atoms with van der Waals surface area (Å²) >= 11 is 0. The highest BCUT2D eigenvalue weighted by atomic mass is 31.2. The minimum Gasteiger partial charge on any atom is -0.462 e. The number of esters is 4. The molecular weight excluding hydrogens is 1430 g/mol. The number of phosphoric ester groups is 2. The van der Waals surface area contributed by atoms with E-state index in [1.165, 1.54) is 0 Å². The van der Waals surface area contributed by atoms with Crippen LogP contribution in [0.3, 0.4) is 0 Å². The van der Waals surface area contributed by atoms with Gasteiger partial charge in [-0.15, -0.1) is 0 Å². The largest absolute Gasteiger partial charge is 0.472 e. The molecule has 5 unspecified atom stereocenters. The van der Waals surface area contributed by atoms with Gasteiger partial charge in [-0.3, -0.25) is 37.3 Å². The summed E-state index contributed by atoms with van der Waals surface area (Å²) in [5.41, 5.74) is 0. The number of carbonyl (C=O) groups excluding carboxylic acids is 4. The molecule has 0 aromatic rings. The Morgan fingerprint density at radius 3 is 0.818 bits per heavy atom. The van der Waals surface area contributed by atoms with Crippen molar-refractivity contribution in [2.24, 2.45) is 0 Å². The van der Waals surface area contributed by atoms with Gasteiger partial charge in [0.25, 0.3) is 0 Å². The van der Waals surface area contributed by atoms with Gasteiger partial charge in [-0.1, -0.05) is 304 Å². The van der Waals surface area contributed by atoms with Crippen molar-refractivity contribution in [2.45, 2.75) is 290 Å². The van der Waals surface area contributed by atoms with Crippen molar-refractivity contribution in [3.8, 4) is 0 Å². The Labute approximate surface area is 664 Å². The SMILES string of the molecule is CC/C=C\C/C=C\C/C=C\C/C=C\C/C=C\C/C=C\CCC(=O)OCC(COP(=O)(O)OCC(O)COP(=O)(O)OCC(COC(=O)CCCCCCCC/C=C\C/C=C\C/C=C\C/C=C\CC)OC(=O)CCCCCCCCC/C=C\C/C=C\C/C=C\CC)OC(=O)C/C=C\C/C=C\C/C=C\C/C=C\C/C=C\CC. The molecule has 0 aliphatic rings. The minimum atomic E-state index is -5.03. The fraction of sp³-hybridized carbons (Fsp3) is 0.560. The number of hydrogen-bond donors (Lipinski definition) is 3. The van der Waals surface area contributed by atoms with Gasteiger partial charge in [0.05, 0.1) is 32.8 Å². The molecule has 0 rings (SSSR count). The third-order valence-electron chi connectivity index (χ3n) is 16.0. The van der Waals surface area contributed by atoms with Crippen LogP contribution in [-0.4, -0.2) is 96.7 Å². The van der Waals surface area contributed by atoms with E-state index in [1.54, 1.807) is 12.2 Å². The van der Waals surface area contributed by atoms with E-state index < -0.39 is 97.5 Å². The molecule has 0 bridgehead atoms. The van der Waals surface area contributed by atoms with Crippen LogP contribution >= 0.6 is 15.6 Å². The van der Waals surface area contributed by atoms with E-state index in [-0.39, 0.29) is 25.7 Å². The molecule has 618 valence electrons. The zero-order chi connectivity index (χ0) is 80.3. The van der Waals surface area contributed by atoms with Crippen molar-refractivity contribution in [3.05, 3.63) is 219 Å². The number of hydrogen-bond acceptors (Lipinski definition) is 15. The van der Waals surface area contributed by atoms with Crippen LogP contribution in [0.25, 0.3) is 0 Å². The summed E-state index contributed by atoms with van der Waals surface area (Å²) in [6.45, 7) is 4.17. The van der Waals surface area contributed by atoms with Gasteiger partial charge in [-0.2, -0.15) is 0 Å². The summed E-state index contributed by atoms with van der Waals surface area (Å²) < 4.78 is 68.5. The van der Waals surface area contributed by atoms with Gasteiger partial charge >= 0.3 is 39.5 Å². The van der Waals surface area contributed by atoms with Crippen LogP contribution in [0.1, 0.15) is 272 Å². The van der Waals surface area contributed by atoms with Gasteiger partial charge in [0.15, 0.2) is 12.2 Å². The van der Waals surface area contributed by atoms with Gasteiger partial charge in [0, 0.05) is 19.3 Å². The van der Waals surface area contributed by atoms with E-state index in [9.17, 15) is 43.2 Å². The van der Waals surface area contributed by atoms with Crippen molar-refractivity contribution in [1.29, 1.82) is 0 Å². The second-order valence-corrected chi connectivity index (χ2v) is 29.1. The Balaban J connectivity index is 5.54. The molecule has 3 N–H and O–H groups in total. The zero-order valence-electron chi connectivity index (χ0n) is 67.6. The lowest BCUT2D eigenvalue weighted by Gasteiger charge is -2.21. The molecule has 0 spiro atoms. The van der Waals surface area contributed by atoms with Crippen LogP contribution in [0.2, 0.25) is 0 Å². The fourth-order valence-electron chi connectivity index (χ4n) is 9.91. The van der Waals surface area contributed by atoms with Crippen LogP contribution in [0.5, 0.6) is 0 Å². The van der Waals surface area contributed by atoms with Crippen LogP contribution in [0.15, 0.2) is 219 Å². The van der Waals surface area contributed by atoms with E-state index in [1.807, 2.05) is 30.4 Å². The highest BCUT2D eigenvalue weighted by Gasteiger charge is 2.30. The Hall–Kier alpha value is -6.62. The average molecular weight is 1570 g/mol. The molecule has 0 radical (unpaired) electrons. The van der Waals surface area contributed by atoms with Crippen LogP contribution in [0.4, 0.5) is 0 Å². The predicted molar refractivity (Wildman–Crippen MR) is 454 cm³/mol. The highest BCUT2D eigenvalue weighted by Crippen LogP contribution is 2.45. The van der Waals surface area contributed by atoms with Gasteiger partial charge in [-0.25, -0.2) is 9.13 Å². The molecule has 0 heterocycles. The average Bonchev–Trinajstić information content (AvgIpc) is 0.899. The predicted octanol–water partition coefficient (Wildman–Crippen LogP) is 24.4.